The van der Waals surface area contributed by atoms with E-state index in [2.05, 4.69) is 24.1 Å². The molecule has 0 aromatic carbocycles. The van der Waals surface area contributed by atoms with Crippen LogP contribution in [0.25, 0.3) is 0 Å². The molecule has 0 amide bonds. The summed E-state index contributed by atoms with van der Waals surface area (Å²) in [5.74, 6) is 0. The van der Waals surface area contributed by atoms with Crippen LogP contribution in [0.5, 0.6) is 0 Å². The Bertz CT molecular complexity index is 107. The van der Waals surface area contributed by atoms with Crippen molar-refractivity contribution in [2.24, 2.45) is 0 Å². The molecular formula is C10H24N2O. The molecule has 80 valence electrons. The van der Waals surface area contributed by atoms with E-state index in [1.54, 1.807) is 0 Å². The molecule has 0 saturated carbocycles. The Balaban J connectivity index is 3.54. The summed E-state index contributed by atoms with van der Waals surface area (Å²) in [5.41, 5.74) is 0. The number of aliphatic hydroxyl groups is 1. The minimum absolute atomic E-state index is 0.301. The Labute approximate surface area is 82.1 Å². The van der Waals surface area contributed by atoms with E-state index in [-0.39, 0.29) is 0 Å². The number of rotatable bonds is 8. The highest BCUT2D eigenvalue weighted by molar-refractivity contribution is 4.63. The van der Waals surface area contributed by atoms with Gasteiger partial charge in [-0.15, -0.1) is 0 Å². The lowest BCUT2D eigenvalue weighted by atomic mass is 10.2. The molecule has 0 fully saturated rings. The number of hydrogen-bond acceptors (Lipinski definition) is 3. The van der Waals surface area contributed by atoms with Crippen LogP contribution in [0.2, 0.25) is 0 Å². The van der Waals surface area contributed by atoms with Gasteiger partial charge in [0.1, 0.15) is 0 Å². The minimum atomic E-state index is 0.301. The van der Waals surface area contributed by atoms with Crippen molar-refractivity contribution in [2.75, 3.05) is 33.3 Å². The third-order valence-electron chi connectivity index (χ3n) is 2.21. The Morgan fingerprint density at radius 1 is 1.23 bits per heavy atom. The molecule has 0 aromatic rings. The topological polar surface area (TPSA) is 35.5 Å². The molecule has 0 heterocycles. The van der Waals surface area contributed by atoms with Gasteiger partial charge in [-0.25, -0.2) is 0 Å². The molecule has 0 aliphatic carbocycles. The van der Waals surface area contributed by atoms with Crippen molar-refractivity contribution < 1.29 is 5.11 Å². The van der Waals surface area contributed by atoms with Crippen LogP contribution in [-0.4, -0.2) is 49.3 Å². The maximum absolute atomic E-state index is 8.73. The quantitative estimate of drug-likeness (QED) is 0.550. The molecule has 3 heteroatoms. The molecule has 2 N–H and O–H groups in total. The van der Waals surface area contributed by atoms with E-state index in [0.717, 1.165) is 26.1 Å². The highest BCUT2D eigenvalue weighted by Crippen LogP contribution is 2.00. The van der Waals surface area contributed by atoms with Gasteiger partial charge < -0.3 is 15.3 Å². The molecular weight excluding hydrogens is 164 g/mol. The van der Waals surface area contributed by atoms with Gasteiger partial charge in [-0.1, -0.05) is 0 Å². The summed E-state index contributed by atoms with van der Waals surface area (Å²) in [6.07, 6.45) is 2.07. The molecule has 0 unspecified atom stereocenters. The molecule has 3 nitrogen and oxygen atoms in total. The number of nitrogens with one attached hydrogen (secondary N) is 1. The van der Waals surface area contributed by atoms with E-state index in [9.17, 15) is 0 Å². The van der Waals surface area contributed by atoms with E-state index in [1.165, 1.54) is 6.42 Å². The first-order valence-electron chi connectivity index (χ1n) is 5.22. The Kier molecular flexibility index (Phi) is 8.40. The summed E-state index contributed by atoms with van der Waals surface area (Å²) in [7, 11) is 1.98. The van der Waals surface area contributed by atoms with Crippen molar-refractivity contribution >= 4 is 0 Å². The van der Waals surface area contributed by atoms with Crippen LogP contribution in [0.15, 0.2) is 0 Å². The van der Waals surface area contributed by atoms with Crippen molar-refractivity contribution in [1.29, 1.82) is 0 Å². The fraction of sp³-hybridized carbons (Fsp3) is 1.00. The van der Waals surface area contributed by atoms with E-state index < -0.39 is 0 Å². The van der Waals surface area contributed by atoms with Gasteiger partial charge >= 0.3 is 0 Å². The summed E-state index contributed by atoms with van der Waals surface area (Å²) < 4.78 is 0. The molecule has 0 bridgehead atoms. The van der Waals surface area contributed by atoms with Crippen LogP contribution >= 0.6 is 0 Å². The number of aliphatic hydroxyl groups excluding tert-OH is 1. The van der Waals surface area contributed by atoms with E-state index >= 15 is 0 Å². The van der Waals surface area contributed by atoms with Crippen LogP contribution in [-0.2, 0) is 0 Å². The monoisotopic (exact) mass is 188 g/mol. The fourth-order valence-corrected chi connectivity index (χ4v) is 1.36. The van der Waals surface area contributed by atoms with Gasteiger partial charge in [0.15, 0.2) is 0 Å². The van der Waals surface area contributed by atoms with Gasteiger partial charge in [0, 0.05) is 19.2 Å². The second-order valence-corrected chi connectivity index (χ2v) is 3.66. The highest BCUT2D eigenvalue weighted by Gasteiger charge is 2.07. The summed E-state index contributed by atoms with van der Waals surface area (Å²) >= 11 is 0. The Morgan fingerprint density at radius 2 is 1.85 bits per heavy atom. The molecule has 0 aliphatic heterocycles. The van der Waals surface area contributed by atoms with Crippen LogP contribution < -0.4 is 5.32 Å². The number of hydrogen-bond donors (Lipinski definition) is 2. The average Bonchev–Trinajstić information content (AvgIpc) is 2.10. The van der Waals surface area contributed by atoms with Crippen molar-refractivity contribution in [1.82, 2.24) is 10.2 Å². The zero-order valence-electron chi connectivity index (χ0n) is 9.21. The van der Waals surface area contributed by atoms with Crippen LogP contribution in [0, 0.1) is 0 Å². The van der Waals surface area contributed by atoms with E-state index in [4.69, 9.17) is 5.11 Å². The van der Waals surface area contributed by atoms with Gasteiger partial charge in [0.05, 0.1) is 0 Å². The summed E-state index contributed by atoms with van der Waals surface area (Å²) in [5, 5.41) is 11.9. The Morgan fingerprint density at radius 3 is 2.31 bits per heavy atom. The van der Waals surface area contributed by atoms with Crippen LogP contribution in [0.4, 0.5) is 0 Å². The lowest BCUT2D eigenvalue weighted by Gasteiger charge is -2.26. The molecule has 0 rings (SSSR count). The van der Waals surface area contributed by atoms with Crippen LogP contribution in [0.3, 0.4) is 0 Å². The van der Waals surface area contributed by atoms with Crippen molar-refractivity contribution in [3.63, 3.8) is 0 Å². The molecule has 0 spiro atoms. The van der Waals surface area contributed by atoms with E-state index in [1.807, 2.05) is 7.05 Å². The van der Waals surface area contributed by atoms with Crippen molar-refractivity contribution in [2.45, 2.75) is 32.7 Å². The minimum Gasteiger partial charge on any atom is -0.396 e. The van der Waals surface area contributed by atoms with Crippen LogP contribution in [0.1, 0.15) is 26.7 Å². The lowest BCUT2D eigenvalue weighted by Crippen LogP contribution is -2.34. The third-order valence-corrected chi connectivity index (χ3v) is 2.21. The Hall–Kier alpha value is -0.120. The zero-order valence-corrected chi connectivity index (χ0v) is 9.21. The fourth-order valence-electron chi connectivity index (χ4n) is 1.36. The smallest absolute Gasteiger partial charge is 0.0443 e. The summed E-state index contributed by atoms with van der Waals surface area (Å²) in [6, 6.07) is 0.586. The molecule has 0 aromatic heterocycles. The normalized spacial score (nSPS) is 11.5. The second kappa shape index (κ2) is 8.48. The summed E-state index contributed by atoms with van der Waals surface area (Å²) in [6.45, 7) is 7.92. The SMILES string of the molecule is CNCCCN(CCCO)C(C)C. The van der Waals surface area contributed by atoms with Gasteiger partial charge in [-0.3, -0.25) is 0 Å². The maximum Gasteiger partial charge on any atom is 0.0443 e. The number of nitrogens with zero attached hydrogens (tertiary/aromatic N) is 1. The van der Waals surface area contributed by atoms with Crippen molar-refractivity contribution in [3.05, 3.63) is 0 Å². The first-order chi connectivity index (χ1) is 6.22. The largest absolute Gasteiger partial charge is 0.396 e. The molecule has 13 heavy (non-hydrogen) atoms. The lowest BCUT2D eigenvalue weighted by molar-refractivity contribution is 0.190. The molecule has 0 saturated heterocycles. The van der Waals surface area contributed by atoms with E-state index in [0.29, 0.717) is 12.6 Å². The standard InChI is InChI=1S/C10H24N2O/c1-10(2)12(8-5-9-13)7-4-6-11-3/h10-11,13H,4-9H2,1-3H3. The van der Waals surface area contributed by atoms with Gasteiger partial charge in [-0.2, -0.15) is 0 Å². The van der Waals surface area contributed by atoms with Crippen molar-refractivity contribution in [3.8, 4) is 0 Å². The molecule has 0 radical (unpaired) electrons. The van der Waals surface area contributed by atoms with Gasteiger partial charge in [0.25, 0.3) is 0 Å². The maximum atomic E-state index is 8.73. The second-order valence-electron chi connectivity index (χ2n) is 3.66. The highest BCUT2D eigenvalue weighted by atomic mass is 16.3. The first kappa shape index (κ1) is 12.9. The van der Waals surface area contributed by atoms with Gasteiger partial charge in [0.2, 0.25) is 0 Å². The average molecular weight is 188 g/mol. The van der Waals surface area contributed by atoms with Gasteiger partial charge in [-0.05, 0) is 46.8 Å². The molecule has 0 aliphatic rings. The predicted octanol–water partition coefficient (Wildman–Crippen LogP) is 0.689. The first-order valence-corrected chi connectivity index (χ1v) is 5.22. The summed E-state index contributed by atoms with van der Waals surface area (Å²) in [4.78, 5) is 2.41. The molecule has 0 atom stereocenters. The third kappa shape index (κ3) is 6.99. The zero-order chi connectivity index (χ0) is 10.1. The predicted molar refractivity (Wildman–Crippen MR) is 57.0 cm³/mol.